The van der Waals surface area contributed by atoms with Crippen molar-refractivity contribution in [3.8, 4) is 23.1 Å². The predicted molar refractivity (Wildman–Crippen MR) is 89.5 cm³/mol. The van der Waals surface area contributed by atoms with Gasteiger partial charge in [-0.05, 0) is 18.6 Å². The Morgan fingerprint density at radius 3 is 2.76 bits per heavy atom. The molecule has 1 saturated heterocycles. The highest BCUT2D eigenvalue weighted by Crippen LogP contribution is 2.24. The van der Waals surface area contributed by atoms with Crippen LogP contribution >= 0.6 is 0 Å². The Bertz CT molecular complexity index is 787. The molecule has 1 unspecified atom stereocenters. The van der Waals surface area contributed by atoms with Crippen LogP contribution in [-0.2, 0) is 4.79 Å². The summed E-state index contributed by atoms with van der Waals surface area (Å²) in [7, 11) is 2.97. The second-order valence-electron chi connectivity index (χ2n) is 5.47. The minimum atomic E-state index is -0.490. The van der Waals surface area contributed by atoms with Crippen LogP contribution in [0.2, 0.25) is 0 Å². The molecule has 3 rings (SSSR count). The van der Waals surface area contributed by atoms with E-state index in [1.807, 2.05) is 6.07 Å². The van der Waals surface area contributed by atoms with Gasteiger partial charge in [0.2, 0.25) is 11.8 Å². The molecule has 0 bridgehead atoms. The summed E-state index contributed by atoms with van der Waals surface area (Å²) in [6.45, 7) is 0.574. The lowest BCUT2D eigenvalue weighted by atomic mass is 10.1. The number of ether oxygens (including phenoxy) is 2. The van der Waals surface area contributed by atoms with E-state index < -0.39 is 6.04 Å². The minimum Gasteiger partial charge on any atom is -0.481 e. The molecule has 0 radical (unpaired) electrons. The fourth-order valence-corrected chi connectivity index (χ4v) is 2.54. The number of hydrogen-bond donors (Lipinski definition) is 2. The number of aromatic nitrogens is 2. The van der Waals surface area contributed by atoms with Crippen molar-refractivity contribution in [1.29, 1.82) is 0 Å². The summed E-state index contributed by atoms with van der Waals surface area (Å²) in [6.07, 6.45) is 0.588. The molecular weight excluding hydrogens is 324 g/mol. The van der Waals surface area contributed by atoms with Gasteiger partial charge in [-0.25, -0.2) is 0 Å². The SMILES string of the molecule is COc1cc(-c2cccc(C(=O)NC3CCNC3=O)c2)nc(OC)n1. The van der Waals surface area contributed by atoms with E-state index in [0.717, 1.165) is 0 Å². The Balaban J connectivity index is 1.86. The molecule has 25 heavy (non-hydrogen) atoms. The van der Waals surface area contributed by atoms with Gasteiger partial charge in [0.15, 0.2) is 0 Å². The number of amides is 2. The van der Waals surface area contributed by atoms with Gasteiger partial charge in [-0.2, -0.15) is 9.97 Å². The fraction of sp³-hybridized carbons (Fsp3) is 0.294. The van der Waals surface area contributed by atoms with Crippen molar-refractivity contribution in [2.24, 2.45) is 0 Å². The zero-order chi connectivity index (χ0) is 17.8. The summed E-state index contributed by atoms with van der Waals surface area (Å²) in [5.74, 6) is -0.106. The molecule has 1 atom stereocenters. The van der Waals surface area contributed by atoms with Gasteiger partial charge in [0.05, 0.1) is 19.9 Å². The van der Waals surface area contributed by atoms with Crippen LogP contribution in [-0.4, -0.2) is 48.6 Å². The zero-order valence-electron chi connectivity index (χ0n) is 13.9. The average molecular weight is 342 g/mol. The van der Waals surface area contributed by atoms with Crippen molar-refractivity contribution in [2.45, 2.75) is 12.5 Å². The Kier molecular flexibility index (Phi) is 4.78. The maximum Gasteiger partial charge on any atom is 0.320 e. The Morgan fingerprint density at radius 2 is 2.08 bits per heavy atom. The molecule has 1 aliphatic rings. The molecule has 8 heteroatoms. The Labute approximate surface area is 144 Å². The van der Waals surface area contributed by atoms with E-state index >= 15 is 0 Å². The molecule has 1 aromatic carbocycles. The standard InChI is InChI=1S/C17H18N4O4/c1-24-14-9-13(20-17(21-14)25-2)10-4-3-5-11(8-10)15(22)19-12-6-7-18-16(12)23/h3-5,8-9,12H,6-7H2,1-2H3,(H,18,23)(H,19,22). The third kappa shape index (κ3) is 3.68. The van der Waals surface area contributed by atoms with Gasteiger partial charge in [-0.3, -0.25) is 9.59 Å². The van der Waals surface area contributed by atoms with Gasteiger partial charge in [0, 0.05) is 23.7 Å². The monoisotopic (exact) mass is 342 g/mol. The lowest BCUT2D eigenvalue weighted by molar-refractivity contribution is -0.120. The first-order valence-corrected chi connectivity index (χ1v) is 7.77. The summed E-state index contributed by atoms with van der Waals surface area (Å²) in [5, 5.41) is 5.43. The number of methoxy groups -OCH3 is 2. The number of hydrogen-bond acceptors (Lipinski definition) is 6. The molecule has 0 aliphatic carbocycles. The van der Waals surface area contributed by atoms with Gasteiger partial charge < -0.3 is 20.1 Å². The highest BCUT2D eigenvalue weighted by molar-refractivity contribution is 5.98. The van der Waals surface area contributed by atoms with Gasteiger partial charge >= 0.3 is 6.01 Å². The molecule has 0 saturated carbocycles. The third-order valence-corrected chi connectivity index (χ3v) is 3.85. The number of nitrogens with zero attached hydrogens (tertiary/aromatic N) is 2. The van der Waals surface area contributed by atoms with Gasteiger partial charge in [0.25, 0.3) is 5.91 Å². The normalized spacial score (nSPS) is 16.2. The molecule has 8 nitrogen and oxygen atoms in total. The molecular formula is C17H18N4O4. The fourth-order valence-electron chi connectivity index (χ4n) is 2.54. The number of rotatable bonds is 5. The lowest BCUT2D eigenvalue weighted by Gasteiger charge is -2.11. The molecule has 130 valence electrons. The first-order valence-electron chi connectivity index (χ1n) is 7.77. The molecule has 2 amide bonds. The van der Waals surface area contributed by atoms with Crippen LogP contribution in [0.1, 0.15) is 16.8 Å². The predicted octanol–water partition coefficient (Wildman–Crippen LogP) is 0.779. The number of nitrogens with one attached hydrogen (secondary N) is 2. The summed E-state index contributed by atoms with van der Waals surface area (Å²) in [4.78, 5) is 32.3. The highest BCUT2D eigenvalue weighted by atomic mass is 16.5. The molecule has 2 aromatic rings. The van der Waals surface area contributed by atoms with Crippen molar-refractivity contribution in [1.82, 2.24) is 20.6 Å². The highest BCUT2D eigenvalue weighted by Gasteiger charge is 2.26. The van der Waals surface area contributed by atoms with Crippen LogP contribution in [0.3, 0.4) is 0 Å². The molecule has 1 aliphatic heterocycles. The zero-order valence-corrected chi connectivity index (χ0v) is 13.9. The van der Waals surface area contributed by atoms with Crippen LogP contribution in [0.25, 0.3) is 11.3 Å². The van der Waals surface area contributed by atoms with Crippen molar-refractivity contribution in [3.63, 3.8) is 0 Å². The van der Waals surface area contributed by atoms with Crippen molar-refractivity contribution in [3.05, 3.63) is 35.9 Å². The van der Waals surface area contributed by atoms with Gasteiger partial charge in [0.1, 0.15) is 6.04 Å². The molecule has 1 fully saturated rings. The second-order valence-corrected chi connectivity index (χ2v) is 5.47. The second kappa shape index (κ2) is 7.16. The largest absolute Gasteiger partial charge is 0.481 e. The summed E-state index contributed by atoms with van der Waals surface area (Å²) < 4.78 is 10.2. The van der Waals surface area contributed by atoms with Crippen molar-refractivity contribution in [2.75, 3.05) is 20.8 Å². The summed E-state index contributed by atoms with van der Waals surface area (Å²) in [5.41, 5.74) is 1.72. The van der Waals surface area contributed by atoms with Crippen LogP contribution in [0.5, 0.6) is 11.9 Å². The smallest absolute Gasteiger partial charge is 0.320 e. The van der Waals surface area contributed by atoms with E-state index in [9.17, 15) is 9.59 Å². The van der Waals surface area contributed by atoms with Gasteiger partial charge in [-0.1, -0.05) is 12.1 Å². The van der Waals surface area contributed by atoms with Crippen LogP contribution in [0.15, 0.2) is 30.3 Å². The topological polar surface area (TPSA) is 102 Å². The number of carbonyl (C=O) groups is 2. The number of carbonyl (C=O) groups excluding carboxylic acids is 2. The Morgan fingerprint density at radius 1 is 1.24 bits per heavy atom. The quantitative estimate of drug-likeness (QED) is 0.832. The maximum atomic E-state index is 12.4. The Hall–Kier alpha value is -3.16. The average Bonchev–Trinajstić information content (AvgIpc) is 3.06. The third-order valence-electron chi connectivity index (χ3n) is 3.85. The molecule has 0 spiro atoms. The number of benzene rings is 1. The van der Waals surface area contributed by atoms with E-state index in [2.05, 4.69) is 20.6 Å². The van der Waals surface area contributed by atoms with Gasteiger partial charge in [-0.15, -0.1) is 0 Å². The van der Waals surface area contributed by atoms with Crippen LogP contribution < -0.4 is 20.1 Å². The maximum absolute atomic E-state index is 12.4. The summed E-state index contributed by atoms with van der Waals surface area (Å²) in [6, 6.07) is 8.29. The van der Waals surface area contributed by atoms with E-state index in [-0.39, 0.29) is 17.8 Å². The first-order chi connectivity index (χ1) is 12.1. The van der Waals surface area contributed by atoms with E-state index in [1.54, 1.807) is 24.3 Å². The first kappa shape index (κ1) is 16.7. The molecule has 2 N–H and O–H groups in total. The van der Waals surface area contributed by atoms with Crippen LogP contribution in [0, 0.1) is 0 Å². The van der Waals surface area contributed by atoms with Crippen molar-refractivity contribution >= 4 is 11.8 Å². The van der Waals surface area contributed by atoms with E-state index in [4.69, 9.17) is 9.47 Å². The summed E-state index contributed by atoms with van der Waals surface area (Å²) >= 11 is 0. The van der Waals surface area contributed by atoms with E-state index in [1.165, 1.54) is 14.2 Å². The van der Waals surface area contributed by atoms with Crippen molar-refractivity contribution < 1.29 is 19.1 Å². The molecule has 2 heterocycles. The lowest BCUT2D eigenvalue weighted by Crippen LogP contribution is -2.40. The van der Waals surface area contributed by atoms with E-state index in [0.29, 0.717) is 35.7 Å². The van der Waals surface area contributed by atoms with Crippen LogP contribution in [0.4, 0.5) is 0 Å². The minimum absolute atomic E-state index is 0.158. The molecule has 1 aromatic heterocycles.